The third-order valence-electron chi connectivity index (χ3n) is 4.38. The molecule has 3 nitrogen and oxygen atoms in total. The molecule has 1 fully saturated rings. The van der Waals surface area contributed by atoms with Crippen LogP contribution in [0.25, 0.3) is 10.7 Å². The van der Waals surface area contributed by atoms with Gasteiger partial charge < -0.3 is 0 Å². The fourth-order valence-corrected chi connectivity index (χ4v) is 3.97. The highest BCUT2D eigenvalue weighted by atomic mass is 32.1. The predicted octanol–water partition coefficient (Wildman–Crippen LogP) is 4.67. The Morgan fingerprint density at radius 2 is 2.21 bits per heavy atom. The molecular formula is C14H19N3S2. The van der Waals surface area contributed by atoms with Crippen LogP contribution in [-0.2, 0) is 0 Å². The Hall–Kier alpha value is -0.940. The number of nitrogens with zero attached hydrogens (tertiary/aromatic N) is 2. The number of rotatable bonds is 2. The smallest absolute Gasteiger partial charge is 0.195 e. The fourth-order valence-electron chi connectivity index (χ4n) is 2.98. The Balaban J connectivity index is 1.97. The van der Waals surface area contributed by atoms with E-state index in [1.807, 2.05) is 0 Å². The van der Waals surface area contributed by atoms with E-state index in [0.29, 0.717) is 6.04 Å². The summed E-state index contributed by atoms with van der Waals surface area (Å²) < 4.78 is 3.00. The monoisotopic (exact) mass is 293 g/mol. The highest BCUT2D eigenvalue weighted by Gasteiger charge is 2.28. The van der Waals surface area contributed by atoms with Gasteiger partial charge in [-0.25, -0.2) is 0 Å². The minimum absolute atomic E-state index is 0.495. The van der Waals surface area contributed by atoms with Gasteiger partial charge in [0.1, 0.15) is 0 Å². The van der Waals surface area contributed by atoms with E-state index in [0.717, 1.165) is 22.4 Å². The first-order valence-corrected chi connectivity index (χ1v) is 8.16. The van der Waals surface area contributed by atoms with Crippen LogP contribution in [0.2, 0.25) is 0 Å². The molecule has 1 saturated carbocycles. The molecule has 0 radical (unpaired) electrons. The minimum atomic E-state index is 0.495. The van der Waals surface area contributed by atoms with Crippen LogP contribution >= 0.6 is 23.6 Å². The number of aromatic amines is 1. The van der Waals surface area contributed by atoms with E-state index >= 15 is 0 Å². The summed E-state index contributed by atoms with van der Waals surface area (Å²) in [5.74, 6) is 2.58. The third kappa shape index (κ3) is 2.41. The maximum atomic E-state index is 5.45. The summed E-state index contributed by atoms with van der Waals surface area (Å²) in [6, 6.07) is 4.67. The van der Waals surface area contributed by atoms with Gasteiger partial charge in [-0.2, -0.15) is 5.10 Å². The first-order chi connectivity index (χ1) is 9.16. The van der Waals surface area contributed by atoms with Crippen molar-refractivity contribution < 1.29 is 0 Å². The van der Waals surface area contributed by atoms with Gasteiger partial charge in [0.2, 0.25) is 0 Å². The van der Waals surface area contributed by atoms with E-state index in [-0.39, 0.29) is 0 Å². The first-order valence-electron chi connectivity index (χ1n) is 6.87. The summed E-state index contributed by atoms with van der Waals surface area (Å²) in [6.07, 6.45) is 3.69. The molecule has 3 atom stereocenters. The van der Waals surface area contributed by atoms with Crippen LogP contribution in [0.15, 0.2) is 17.5 Å². The molecule has 0 bridgehead atoms. The van der Waals surface area contributed by atoms with Crippen molar-refractivity contribution in [2.24, 2.45) is 11.8 Å². The SMILES string of the molecule is CC1CCC(n2c(-c3cccs3)n[nH]c2=S)CC1C. The molecule has 0 aliphatic heterocycles. The second kappa shape index (κ2) is 5.21. The van der Waals surface area contributed by atoms with Crippen LogP contribution in [-0.4, -0.2) is 14.8 Å². The molecule has 0 spiro atoms. The molecule has 2 aromatic heterocycles. The molecule has 1 aliphatic carbocycles. The molecular weight excluding hydrogens is 274 g/mol. The van der Waals surface area contributed by atoms with E-state index in [4.69, 9.17) is 12.2 Å². The number of aromatic nitrogens is 3. The molecule has 1 N–H and O–H groups in total. The molecule has 0 amide bonds. The fraction of sp³-hybridized carbons (Fsp3) is 0.571. The molecule has 5 heteroatoms. The van der Waals surface area contributed by atoms with Gasteiger partial charge in [-0.1, -0.05) is 19.9 Å². The zero-order valence-electron chi connectivity index (χ0n) is 11.3. The molecule has 0 saturated heterocycles. The Labute approximate surface area is 122 Å². The van der Waals surface area contributed by atoms with Gasteiger partial charge in [-0.05, 0) is 54.8 Å². The van der Waals surface area contributed by atoms with E-state index in [2.05, 4.69) is 46.1 Å². The van der Waals surface area contributed by atoms with Gasteiger partial charge in [0.15, 0.2) is 10.6 Å². The van der Waals surface area contributed by atoms with Crippen molar-refractivity contribution in [2.75, 3.05) is 0 Å². The van der Waals surface area contributed by atoms with E-state index in [1.165, 1.54) is 24.1 Å². The van der Waals surface area contributed by atoms with E-state index in [9.17, 15) is 0 Å². The quantitative estimate of drug-likeness (QED) is 0.817. The average Bonchev–Trinajstić information content (AvgIpc) is 3.01. The van der Waals surface area contributed by atoms with Crippen molar-refractivity contribution in [2.45, 2.75) is 39.2 Å². The Morgan fingerprint density at radius 3 is 2.89 bits per heavy atom. The predicted molar refractivity (Wildman–Crippen MR) is 81.9 cm³/mol. The summed E-state index contributed by atoms with van der Waals surface area (Å²) in [5, 5.41) is 9.49. The van der Waals surface area contributed by atoms with Crippen molar-refractivity contribution >= 4 is 23.6 Å². The normalized spacial score (nSPS) is 27.6. The van der Waals surface area contributed by atoms with E-state index < -0.39 is 0 Å². The summed E-state index contributed by atoms with van der Waals surface area (Å²) in [7, 11) is 0. The van der Waals surface area contributed by atoms with Crippen molar-refractivity contribution in [1.29, 1.82) is 0 Å². The Morgan fingerprint density at radius 1 is 1.37 bits per heavy atom. The van der Waals surface area contributed by atoms with Crippen LogP contribution in [0, 0.1) is 16.6 Å². The van der Waals surface area contributed by atoms with E-state index in [1.54, 1.807) is 11.3 Å². The lowest BCUT2D eigenvalue weighted by molar-refractivity contribution is 0.210. The maximum absolute atomic E-state index is 5.45. The molecule has 0 aromatic carbocycles. The lowest BCUT2D eigenvalue weighted by Gasteiger charge is -2.33. The van der Waals surface area contributed by atoms with Crippen LogP contribution in [0.4, 0.5) is 0 Å². The summed E-state index contributed by atoms with van der Waals surface area (Å²) in [5.41, 5.74) is 0. The number of H-pyrrole nitrogens is 1. The topological polar surface area (TPSA) is 33.6 Å². The van der Waals surface area contributed by atoms with Gasteiger partial charge in [0, 0.05) is 6.04 Å². The molecule has 19 heavy (non-hydrogen) atoms. The second-order valence-electron chi connectivity index (χ2n) is 5.62. The third-order valence-corrected chi connectivity index (χ3v) is 5.54. The first kappa shape index (κ1) is 13.1. The van der Waals surface area contributed by atoms with Crippen LogP contribution in [0.3, 0.4) is 0 Å². The van der Waals surface area contributed by atoms with Crippen molar-refractivity contribution in [3.63, 3.8) is 0 Å². The largest absolute Gasteiger partial charge is 0.296 e. The number of hydrogen-bond acceptors (Lipinski definition) is 3. The Bertz CT molecular complexity index is 596. The molecule has 3 rings (SSSR count). The summed E-state index contributed by atoms with van der Waals surface area (Å²) in [4.78, 5) is 1.19. The Kier molecular flexibility index (Phi) is 3.58. The van der Waals surface area contributed by atoms with Crippen molar-refractivity contribution in [1.82, 2.24) is 14.8 Å². The van der Waals surface area contributed by atoms with Crippen molar-refractivity contribution in [3.05, 3.63) is 22.3 Å². The summed E-state index contributed by atoms with van der Waals surface area (Å²) in [6.45, 7) is 4.71. The van der Waals surface area contributed by atoms with Crippen molar-refractivity contribution in [3.8, 4) is 10.7 Å². The molecule has 2 heterocycles. The second-order valence-corrected chi connectivity index (χ2v) is 6.96. The molecule has 3 unspecified atom stereocenters. The maximum Gasteiger partial charge on any atom is 0.195 e. The van der Waals surface area contributed by atoms with Gasteiger partial charge in [-0.3, -0.25) is 9.67 Å². The van der Waals surface area contributed by atoms with Gasteiger partial charge >= 0.3 is 0 Å². The zero-order valence-corrected chi connectivity index (χ0v) is 12.9. The highest BCUT2D eigenvalue weighted by Crippen LogP contribution is 2.38. The zero-order chi connectivity index (χ0) is 13.4. The van der Waals surface area contributed by atoms with Gasteiger partial charge in [0.25, 0.3) is 0 Å². The average molecular weight is 293 g/mol. The number of thiophene rings is 1. The molecule has 2 aromatic rings. The summed E-state index contributed by atoms with van der Waals surface area (Å²) >= 11 is 7.16. The lowest BCUT2D eigenvalue weighted by atomic mass is 9.79. The number of hydrogen-bond donors (Lipinski definition) is 1. The molecule has 102 valence electrons. The lowest BCUT2D eigenvalue weighted by Crippen LogP contribution is -2.23. The van der Waals surface area contributed by atoms with Crippen LogP contribution in [0.1, 0.15) is 39.2 Å². The van der Waals surface area contributed by atoms with Crippen LogP contribution < -0.4 is 0 Å². The molecule has 1 aliphatic rings. The van der Waals surface area contributed by atoms with Crippen LogP contribution in [0.5, 0.6) is 0 Å². The van der Waals surface area contributed by atoms with Gasteiger partial charge in [0.05, 0.1) is 4.88 Å². The highest BCUT2D eigenvalue weighted by molar-refractivity contribution is 7.71. The minimum Gasteiger partial charge on any atom is -0.296 e. The number of nitrogens with one attached hydrogen (secondary N) is 1. The van der Waals surface area contributed by atoms with Gasteiger partial charge in [-0.15, -0.1) is 11.3 Å². The standard InChI is InChI=1S/C14H19N3S2/c1-9-5-6-11(8-10(9)2)17-13(15-16-14(17)18)12-4-3-7-19-12/h3-4,7,9-11H,5-6,8H2,1-2H3,(H,16,18).